The molecular weight excluding hydrogens is 238 g/mol. The summed E-state index contributed by atoms with van der Waals surface area (Å²) >= 11 is 0. The zero-order valence-electron chi connectivity index (χ0n) is 12.8. The second kappa shape index (κ2) is 7.65. The Labute approximate surface area is 117 Å². The van der Waals surface area contributed by atoms with Crippen LogP contribution in [0, 0.1) is 0 Å². The zero-order valence-corrected chi connectivity index (χ0v) is 12.8. The highest BCUT2D eigenvalue weighted by Gasteiger charge is 2.20. The molecule has 1 atom stereocenters. The largest absolute Gasteiger partial charge is 0.396 e. The third-order valence-electron chi connectivity index (χ3n) is 4.12. The molecule has 0 spiro atoms. The molecule has 2 N–H and O–H groups in total. The third-order valence-corrected chi connectivity index (χ3v) is 4.12. The van der Waals surface area contributed by atoms with Crippen LogP contribution in [0.2, 0.25) is 0 Å². The molecule has 0 amide bonds. The molecule has 1 aromatic heterocycles. The van der Waals surface area contributed by atoms with Gasteiger partial charge in [-0.1, -0.05) is 20.8 Å². The summed E-state index contributed by atoms with van der Waals surface area (Å²) in [5.41, 5.74) is 1.07. The van der Waals surface area contributed by atoms with Crippen LogP contribution in [0.15, 0.2) is 12.3 Å². The average Bonchev–Trinajstić information content (AvgIpc) is 2.87. The van der Waals surface area contributed by atoms with Gasteiger partial charge in [-0.3, -0.25) is 4.68 Å². The first-order valence-corrected chi connectivity index (χ1v) is 7.48. The fourth-order valence-corrected chi connectivity index (χ4v) is 2.28. The van der Waals surface area contributed by atoms with Crippen molar-refractivity contribution in [2.75, 3.05) is 6.61 Å². The van der Waals surface area contributed by atoms with Crippen molar-refractivity contribution in [3.63, 3.8) is 0 Å². The summed E-state index contributed by atoms with van der Waals surface area (Å²) in [5, 5.41) is 17.3. The zero-order chi connectivity index (χ0) is 14.3. The molecule has 0 bridgehead atoms. The van der Waals surface area contributed by atoms with Crippen molar-refractivity contribution in [3.8, 4) is 0 Å². The van der Waals surface area contributed by atoms with Crippen molar-refractivity contribution >= 4 is 0 Å². The maximum Gasteiger partial charge on any atom is 0.0762 e. The molecule has 0 radical (unpaired) electrons. The minimum absolute atomic E-state index is 0.00650. The number of rotatable bonds is 9. The summed E-state index contributed by atoms with van der Waals surface area (Å²) in [6, 6.07) is 2.59. The molecule has 1 heterocycles. The standard InChI is InChI=1S/C15H29N3O/c1-5-14(6-2)18-10-8-13(17-18)12-16-15(4,7-3)9-11-19/h8,10,14,16,19H,5-7,9,11-12H2,1-4H3. The van der Waals surface area contributed by atoms with Crippen LogP contribution in [0.4, 0.5) is 0 Å². The Morgan fingerprint density at radius 1 is 1.37 bits per heavy atom. The van der Waals surface area contributed by atoms with Crippen LogP contribution in [0.25, 0.3) is 0 Å². The lowest BCUT2D eigenvalue weighted by atomic mass is 9.95. The Hall–Kier alpha value is -0.870. The molecule has 0 aliphatic rings. The fourth-order valence-electron chi connectivity index (χ4n) is 2.28. The number of nitrogens with one attached hydrogen (secondary N) is 1. The first kappa shape index (κ1) is 16.2. The molecule has 0 saturated heterocycles. The lowest BCUT2D eigenvalue weighted by Crippen LogP contribution is -2.42. The summed E-state index contributed by atoms with van der Waals surface area (Å²) in [6.07, 6.45) is 6.08. The lowest BCUT2D eigenvalue weighted by Gasteiger charge is -2.28. The van der Waals surface area contributed by atoms with Gasteiger partial charge in [-0.25, -0.2) is 0 Å². The van der Waals surface area contributed by atoms with Gasteiger partial charge in [0.25, 0.3) is 0 Å². The van der Waals surface area contributed by atoms with Crippen LogP contribution in [-0.2, 0) is 6.54 Å². The van der Waals surface area contributed by atoms with Gasteiger partial charge in [0, 0.05) is 24.9 Å². The molecule has 4 heteroatoms. The van der Waals surface area contributed by atoms with Crippen molar-refractivity contribution in [1.29, 1.82) is 0 Å². The van der Waals surface area contributed by atoms with E-state index in [9.17, 15) is 0 Å². The van der Waals surface area contributed by atoms with E-state index in [1.807, 2.05) is 0 Å². The van der Waals surface area contributed by atoms with Crippen LogP contribution < -0.4 is 5.32 Å². The quantitative estimate of drug-likeness (QED) is 0.723. The monoisotopic (exact) mass is 267 g/mol. The summed E-state index contributed by atoms with van der Waals surface area (Å²) in [6.45, 7) is 9.68. The number of hydrogen-bond donors (Lipinski definition) is 2. The third kappa shape index (κ3) is 4.62. The highest BCUT2D eigenvalue weighted by molar-refractivity contribution is 5.00. The highest BCUT2D eigenvalue weighted by Crippen LogP contribution is 2.16. The first-order valence-electron chi connectivity index (χ1n) is 7.48. The van der Waals surface area contributed by atoms with Crippen LogP contribution in [-0.4, -0.2) is 27.0 Å². The van der Waals surface area contributed by atoms with E-state index >= 15 is 0 Å². The van der Waals surface area contributed by atoms with Crippen molar-refractivity contribution in [2.24, 2.45) is 0 Å². The van der Waals surface area contributed by atoms with E-state index in [4.69, 9.17) is 5.11 Å². The number of hydrogen-bond acceptors (Lipinski definition) is 3. The highest BCUT2D eigenvalue weighted by atomic mass is 16.3. The molecule has 110 valence electrons. The molecule has 1 aromatic rings. The molecule has 1 rings (SSSR count). The van der Waals surface area contributed by atoms with Gasteiger partial charge in [0.1, 0.15) is 0 Å². The average molecular weight is 267 g/mol. The smallest absolute Gasteiger partial charge is 0.0762 e. The van der Waals surface area contributed by atoms with Gasteiger partial charge in [0.15, 0.2) is 0 Å². The van der Waals surface area contributed by atoms with Gasteiger partial charge in [0.05, 0.1) is 11.7 Å². The van der Waals surface area contributed by atoms with Gasteiger partial charge in [-0.2, -0.15) is 5.10 Å². The van der Waals surface area contributed by atoms with E-state index < -0.39 is 0 Å². The van der Waals surface area contributed by atoms with E-state index in [2.05, 4.69) is 55.1 Å². The molecule has 0 fully saturated rings. The number of aliphatic hydroxyl groups is 1. The fraction of sp³-hybridized carbons (Fsp3) is 0.800. The summed E-state index contributed by atoms with van der Waals surface area (Å²) in [5.74, 6) is 0. The van der Waals surface area contributed by atoms with E-state index in [0.29, 0.717) is 6.04 Å². The Balaban J connectivity index is 2.58. The van der Waals surface area contributed by atoms with E-state index in [-0.39, 0.29) is 12.1 Å². The Morgan fingerprint density at radius 2 is 2.05 bits per heavy atom. The predicted octanol–water partition coefficient (Wildman–Crippen LogP) is 2.88. The lowest BCUT2D eigenvalue weighted by molar-refractivity contribution is 0.214. The minimum atomic E-state index is -0.00650. The molecule has 0 aliphatic heterocycles. The van der Waals surface area contributed by atoms with Crippen LogP contribution >= 0.6 is 0 Å². The first-order chi connectivity index (χ1) is 9.08. The molecule has 0 aromatic carbocycles. The van der Waals surface area contributed by atoms with Crippen molar-refractivity contribution in [1.82, 2.24) is 15.1 Å². The Bertz CT molecular complexity index is 360. The topological polar surface area (TPSA) is 50.1 Å². The number of aliphatic hydroxyl groups excluding tert-OH is 1. The van der Waals surface area contributed by atoms with Gasteiger partial charge in [-0.15, -0.1) is 0 Å². The van der Waals surface area contributed by atoms with Gasteiger partial charge < -0.3 is 10.4 Å². The van der Waals surface area contributed by atoms with Crippen molar-refractivity contribution < 1.29 is 5.11 Å². The molecular formula is C15H29N3O. The molecule has 0 saturated carbocycles. The van der Waals surface area contributed by atoms with Gasteiger partial charge in [-0.05, 0) is 38.7 Å². The number of nitrogens with zero attached hydrogens (tertiary/aromatic N) is 2. The van der Waals surface area contributed by atoms with E-state index in [1.165, 1.54) is 0 Å². The number of aromatic nitrogens is 2. The second-order valence-corrected chi connectivity index (χ2v) is 5.50. The minimum Gasteiger partial charge on any atom is -0.396 e. The van der Waals surface area contributed by atoms with Crippen molar-refractivity contribution in [3.05, 3.63) is 18.0 Å². The summed E-state index contributed by atoms with van der Waals surface area (Å²) in [4.78, 5) is 0. The molecule has 1 unspecified atom stereocenters. The van der Waals surface area contributed by atoms with Gasteiger partial charge >= 0.3 is 0 Å². The molecule has 4 nitrogen and oxygen atoms in total. The molecule has 0 aliphatic carbocycles. The van der Waals surface area contributed by atoms with Crippen LogP contribution in [0.1, 0.15) is 65.1 Å². The Morgan fingerprint density at radius 3 is 2.58 bits per heavy atom. The second-order valence-electron chi connectivity index (χ2n) is 5.50. The molecule has 19 heavy (non-hydrogen) atoms. The van der Waals surface area contributed by atoms with E-state index in [0.717, 1.165) is 37.9 Å². The summed E-state index contributed by atoms with van der Waals surface area (Å²) < 4.78 is 2.08. The van der Waals surface area contributed by atoms with Crippen molar-refractivity contribution in [2.45, 2.75) is 71.5 Å². The maximum atomic E-state index is 9.11. The normalized spacial score (nSPS) is 14.8. The van der Waals surface area contributed by atoms with Gasteiger partial charge in [0.2, 0.25) is 0 Å². The van der Waals surface area contributed by atoms with E-state index in [1.54, 1.807) is 0 Å². The van der Waals surface area contributed by atoms with Crippen LogP contribution in [0.3, 0.4) is 0 Å². The predicted molar refractivity (Wildman–Crippen MR) is 79.1 cm³/mol. The summed E-state index contributed by atoms with van der Waals surface area (Å²) in [7, 11) is 0. The Kier molecular flexibility index (Phi) is 6.52. The maximum absolute atomic E-state index is 9.11. The SMILES string of the molecule is CCC(CC)n1ccc(CNC(C)(CC)CCO)n1. The van der Waals surface area contributed by atoms with Crippen LogP contribution in [0.5, 0.6) is 0 Å².